The molecule has 2 aromatic rings. The quantitative estimate of drug-likeness (QED) is 0.616. The van der Waals surface area contributed by atoms with Gasteiger partial charge in [-0.25, -0.2) is 4.39 Å². The zero-order valence-electron chi connectivity index (χ0n) is 19.7. The summed E-state index contributed by atoms with van der Waals surface area (Å²) in [4.78, 5) is 15.1. The van der Waals surface area contributed by atoms with Gasteiger partial charge in [-0.2, -0.15) is 0 Å². The molecule has 0 saturated carbocycles. The highest BCUT2D eigenvalue weighted by atomic mass is 19.1. The number of aliphatic hydroxyl groups excluding tert-OH is 1. The van der Waals surface area contributed by atoms with Gasteiger partial charge in [-0.05, 0) is 81.0 Å². The Hall–Kier alpha value is -2.96. The number of ether oxygens (including phenoxy) is 1. The molecule has 178 valence electrons. The third-order valence-corrected chi connectivity index (χ3v) is 7.07. The molecule has 1 atom stereocenters. The molecule has 5 rings (SSSR count). The smallest absolute Gasteiger partial charge is 0.260 e. The Morgan fingerprint density at radius 2 is 2.00 bits per heavy atom. The third-order valence-electron chi connectivity index (χ3n) is 7.07. The second kappa shape index (κ2) is 9.01. The van der Waals surface area contributed by atoms with Crippen molar-refractivity contribution in [3.8, 4) is 0 Å². The number of hydrogen-bond acceptors (Lipinski definition) is 4. The number of fused-ring (bicyclic) bond motifs is 1. The summed E-state index contributed by atoms with van der Waals surface area (Å²) >= 11 is 0. The monoisotopic (exact) mass is 462 g/mol. The van der Waals surface area contributed by atoms with E-state index in [1.165, 1.54) is 30.5 Å². The van der Waals surface area contributed by atoms with Crippen LogP contribution in [0.1, 0.15) is 49.8 Å². The number of anilines is 1. The number of allylic oxidation sites excluding steroid dienone is 1. The molecule has 0 radical (unpaired) electrons. The summed E-state index contributed by atoms with van der Waals surface area (Å²) in [5.74, 6) is 0.383. The fourth-order valence-electron chi connectivity index (χ4n) is 5.36. The predicted molar refractivity (Wildman–Crippen MR) is 131 cm³/mol. The summed E-state index contributed by atoms with van der Waals surface area (Å²) < 4.78 is 20.1. The van der Waals surface area contributed by atoms with Crippen LogP contribution >= 0.6 is 0 Å². The maximum atomic E-state index is 13.9. The van der Waals surface area contributed by atoms with E-state index in [1.807, 2.05) is 19.9 Å². The number of carbonyl (C=O) groups excluding carboxylic acids is 1. The number of nitrogens with zero attached hydrogens (tertiary/aromatic N) is 1. The van der Waals surface area contributed by atoms with Crippen LogP contribution in [0.2, 0.25) is 0 Å². The number of aliphatic hydroxyl groups is 1. The maximum Gasteiger partial charge on any atom is 0.260 e. The van der Waals surface area contributed by atoms with E-state index in [2.05, 4.69) is 34.5 Å². The number of piperidine rings is 1. The summed E-state index contributed by atoms with van der Waals surface area (Å²) in [5, 5.41) is 12.1. The standard InChI is InChI=1S/C28H31FN2O3/c1-28(2)23(15-25(34-28)26-22-14-21(29)9-10-24(22)30-27(26)33)20-7-5-19(6-8-20)17-31-12-3-4-18(16-31)11-13-32/h5-10,14-15,18,32H,3-4,11-13,16-17H2,1-2H3,(H,30,33). The summed E-state index contributed by atoms with van der Waals surface area (Å²) in [5.41, 5.74) is 4.16. The number of amides is 1. The van der Waals surface area contributed by atoms with E-state index in [9.17, 15) is 14.3 Å². The van der Waals surface area contributed by atoms with Crippen LogP contribution in [0.15, 0.2) is 54.3 Å². The summed E-state index contributed by atoms with van der Waals surface area (Å²) in [6, 6.07) is 12.8. The van der Waals surface area contributed by atoms with Crippen LogP contribution < -0.4 is 5.32 Å². The third kappa shape index (κ3) is 4.40. The first-order valence-electron chi connectivity index (χ1n) is 12.0. The number of rotatable bonds is 5. The van der Waals surface area contributed by atoms with Gasteiger partial charge in [0.1, 0.15) is 17.2 Å². The molecule has 1 unspecified atom stereocenters. The van der Waals surface area contributed by atoms with Crippen molar-refractivity contribution >= 4 is 22.7 Å². The van der Waals surface area contributed by atoms with Gasteiger partial charge in [-0.3, -0.25) is 9.69 Å². The molecule has 1 saturated heterocycles. The summed E-state index contributed by atoms with van der Waals surface area (Å²) in [6.45, 7) is 7.26. The van der Waals surface area contributed by atoms with Crippen LogP contribution in [0, 0.1) is 11.7 Å². The van der Waals surface area contributed by atoms with E-state index in [0.29, 0.717) is 28.5 Å². The van der Waals surface area contributed by atoms with E-state index in [4.69, 9.17) is 4.74 Å². The van der Waals surface area contributed by atoms with Crippen LogP contribution in [0.3, 0.4) is 0 Å². The fraction of sp³-hybridized carbons (Fsp3) is 0.393. The minimum Gasteiger partial charge on any atom is -0.482 e. The lowest BCUT2D eigenvalue weighted by molar-refractivity contribution is -0.111. The molecule has 2 N–H and O–H groups in total. The number of nitrogens with one attached hydrogen (secondary N) is 1. The first kappa shape index (κ1) is 22.8. The van der Waals surface area contributed by atoms with Crippen LogP contribution in [0.25, 0.3) is 11.1 Å². The second-order valence-electron chi connectivity index (χ2n) is 10.0. The number of halogens is 1. The number of benzene rings is 2. The molecule has 1 amide bonds. The van der Waals surface area contributed by atoms with Crippen molar-refractivity contribution < 1.29 is 19.0 Å². The van der Waals surface area contributed by atoms with Crippen molar-refractivity contribution in [1.29, 1.82) is 0 Å². The molecule has 34 heavy (non-hydrogen) atoms. The molecule has 1 fully saturated rings. The maximum absolute atomic E-state index is 13.9. The predicted octanol–water partition coefficient (Wildman–Crippen LogP) is 4.98. The Bertz CT molecular complexity index is 1160. The highest BCUT2D eigenvalue weighted by molar-refractivity contribution is 6.32. The van der Waals surface area contributed by atoms with E-state index in [0.717, 1.165) is 37.2 Å². The van der Waals surface area contributed by atoms with Crippen molar-refractivity contribution in [1.82, 2.24) is 4.90 Å². The van der Waals surface area contributed by atoms with E-state index in [1.54, 1.807) is 6.07 Å². The average molecular weight is 463 g/mol. The lowest BCUT2D eigenvalue weighted by atomic mass is 9.91. The highest BCUT2D eigenvalue weighted by Crippen LogP contribution is 2.44. The molecule has 0 aromatic heterocycles. The van der Waals surface area contributed by atoms with Crippen LogP contribution in [0.4, 0.5) is 10.1 Å². The Balaban J connectivity index is 1.39. The SMILES string of the molecule is CC1(C)OC(=C2C(=O)Nc3ccc(F)cc32)C=C1c1ccc(CN2CCCC(CCO)C2)cc1. The highest BCUT2D eigenvalue weighted by Gasteiger charge is 2.38. The van der Waals surface area contributed by atoms with Crippen molar-refractivity contribution in [2.75, 3.05) is 25.0 Å². The van der Waals surface area contributed by atoms with Gasteiger partial charge >= 0.3 is 0 Å². The van der Waals surface area contributed by atoms with Gasteiger partial charge in [-0.15, -0.1) is 0 Å². The van der Waals surface area contributed by atoms with Gasteiger partial charge in [0.25, 0.3) is 5.91 Å². The first-order valence-corrected chi connectivity index (χ1v) is 12.0. The second-order valence-corrected chi connectivity index (χ2v) is 10.0. The zero-order chi connectivity index (χ0) is 23.9. The van der Waals surface area contributed by atoms with Crippen molar-refractivity contribution in [3.63, 3.8) is 0 Å². The van der Waals surface area contributed by atoms with Crippen LogP contribution in [-0.4, -0.2) is 41.2 Å². The van der Waals surface area contributed by atoms with Crippen LogP contribution in [0.5, 0.6) is 0 Å². The van der Waals surface area contributed by atoms with E-state index >= 15 is 0 Å². The molecule has 3 aliphatic rings. The minimum atomic E-state index is -0.620. The lowest BCUT2D eigenvalue weighted by Gasteiger charge is -2.32. The van der Waals surface area contributed by atoms with Crippen molar-refractivity contribution in [2.45, 2.75) is 45.3 Å². The average Bonchev–Trinajstić information content (AvgIpc) is 3.29. The van der Waals surface area contributed by atoms with Gasteiger partial charge in [0.15, 0.2) is 0 Å². The summed E-state index contributed by atoms with van der Waals surface area (Å²) in [6.07, 6.45) is 5.17. The zero-order valence-corrected chi connectivity index (χ0v) is 19.7. The van der Waals surface area contributed by atoms with Crippen molar-refractivity contribution in [3.05, 3.63) is 76.8 Å². The molecule has 0 spiro atoms. The van der Waals surface area contributed by atoms with Gasteiger partial charge in [-0.1, -0.05) is 24.3 Å². The Morgan fingerprint density at radius 3 is 2.76 bits per heavy atom. The molecule has 3 aliphatic heterocycles. The number of hydrogen-bond donors (Lipinski definition) is 2. The normalized spacial score (nSPS) is 23.9. The Kier molecular flexibility index (Phi) is 6.04. The number of carbonyl (C=O) groups is 1. The van der Waals surface area contributed by atoms with E-state index < -0.39 is 5.60 Å². The van der Waals surface area contributed by atoms with Gasteiger partial charge < -0.3 is 15.2 Å². The molecule has 2 aromatic carbocycles. The fourth-order valence-corrected chi connectivity index (χ4v) is 5.36. The Labute approximate surface area is 199 Å². The first-order chi connectivity index (χ1) is 16.3. The molecular weight excluding hydrogens is 431 g/mol. The molecule has 5 nitrogen and oxygen atoms in total. The lowest BCUT2D eigenvalue weighted by Crippen LogP contribution is -2.35. The van der Waals surface area contributed by atoms with Crippen LogP contribution in [-0.2, 0) is 16.1 Å². The topological polar surface area (TPSA) is 61.8 Å². The minimum absolute atomic E-state index is 0.264. The Morgan fingerprint density at radius 1 is 1.21 bits per heavy atom. The van der Waals surface area contributed by atoms with Gasteiger partial charge in [0.2, 0.25) is 0 Å². The van der Waals surface area contributed by atoms with Crippen molar-refractivity contribution in [2.24, 2.45) is 5.92 Å². The molecular formula is C28H31FN2O3. The van der Waals surface area contributed by atoms with Gasteiger partial charge in [0.05, 0.1) is 5.57 Å². The summed E-state index contributed by atoms with van der Waals surface area (Å²) in [7, 11) is 0. The largest absolute Gasteiger partial charge is 0.482 e. The number of likely N-dealkylation sites (tertiary alicyclic amines) is 1. The molecule has 6 heteroatoms. The van der Waals surface area contributed by atoms with E-state index in [-0.39, 0.29) is 18.3 Å². The molecule has 0 bridgehead atoms. The van der Waals surface area contributed by atoms with Gasteiger partial charge in [0, 0.05) is 36.5 Å². The molecule has 0 aliphatic carbocycles. The molecule has 3 heterocycles.